The third-order valence-electron chi connectivity index (χ3n) is 7.94. The molecule has 0 radical (unpaired) electrons. The third-order valence-corrected chi connectivity index (χ3v) is 7.94. The van der Waals surface area contributed by atoms with Gasteiger partial charge in [-0.15, -0.1) is 0 Å². The summed E-state index contributed by atoms with van der Waals surface area (Å²) < 4.78 is 27.0. The minimum atomic E-state index is -0.412. The monoisotopic (exact) mass is 561 g/mol. The van der Waals surface area contributed by atoms with Crippen molar-refractivity contribution in [3.05, 3.63) is 70.1 Å². The van der Waals surface area contributed by atoms with Gasteiger partial charge in [0, 0.05) is 43.6 Å². The second kappa shape index (κ2) is 11.9. The Morgan fingerprint density at radius 1 is 1.17 bits per heavy atom. The first-order chi connectivity index (χ1) is 20.0. The van der Waals surface area contributed by atoms with Crippen LogP contribution in [0, 0.1) is 6.92 Å². The molecule has 1 aromatic carbocycles. The summed E-state index contributed by atoms with van der Waals surface area (Å²) in [5.74, 6) is 1.42. The van der Waals surface area contributed by atoms with E-state index >= 15 is 0 Å². The molecule has 0 N–H and O–H groups in total. The van der Waals surface area contributed by atoms with Crippen molar-refractivity contribution in [2.75, 3.05) is 33.4 Å². The Bertz CT molecular complexity index is 1560. The first-order valence-corrected chi connectivity index (χ1v) is 14.2. The van der Waals surface area contributed by atoms with Gasteiger partial charge in [0.25, 0.3) is 5.56 Å². The Hall–Kier alpha value is -3.96. The molecule has 1 atom stereocenters. The van der Waals surface area contributed by atoms with E-state index in [-0.39, 0.29) is 24.0 Å². The second-order valence-corrected chi connectivity index (χ2v) is 10.6. The molecule has 11 nitrogen and oxygen atoms in total. The number of aryl methyl sites for hydroxylation is 1. The topological polar surface area (TPSA) is 113 Å². The van der Waals surface area contributed by atoms with Crippen LogP contribution in [0.5, 0.6) is 5.75 Å². The predicted octanol–water partition coefficient (Wildman–Crippen LogP) is 3.57. The molecule has 1 amide bonds. The van der Waals surface area contributed by atoms with Gasteiger partial charge >= 0.3 is 0 Å². The van der Waals surface area contributed by atoms with Gasteiger partial charge in [0.2, 0.25) is 17.6 Å². The number of methoxy groups -OCH3 is 1. The van der Waals surface area contributed by atoms with Crippen LogP contribution in [0.25, 0.3) is 17.4 Å². The minimum Gasteiger partial charge on any atom is -0.496 e. The number of nitrogens with zero attached hydrogens (tertiary/aromatic N) is 5. The van der Waals surface area contributed by atoms with Crippen molar-refractivity contribution in [2.24, 2.45) is 0 Å². The van der Waals surface area contributed by atoms with Gasteiger partial charge in [-0.25, -0.2) is 14.4 Å². The number of hydrogen-bond acceptors (Lipinski definition) is 8. The highest BCUT2D eigenvalue weighted by atomic mass is 16.5. The fourth-order valence-electron chi connectivity index (χ4n) is 5.78. The number of amides is 1. The number of rotatable bonds is 9. The molecule has 0 unspecified atom stereocenters. The summed E-state index contributed by atoms with van der Waals surface area (Å²) in [5, 5.41) is 0. The quantitative estimate of drug-likeness (QED) is 0.305. The Labute approximate surface area is 237 Å². The van der Waals surface area contributed by atoms with E-state index in [4.69, 9.17) is 23.6 Å². The highest BCUT2D eigenvalue weighted by Crippen LogP contribution is 2.32. The average molecular weight is 562 g/mol. The molecule has 2 aliphatic heterocycles. The summed E-state index contributed by atoms with van der Waals surface area (Å²) in [4.78, 5) is 37.9. The van der Waals surface area contributed by atoms with Crippen LogP contribution in [0.15, 0.2) is 52.1 Å². The van der Waals surface area contributed by atoms with E-state index in [1.54, 1.807) is 23.9 Å². The molecular weight excluding hydrogens is 526 g/mol. The summed E-state index contributed by atoms with van der Waals surface area (Å²) in [6.45, 7) is 4.90. The fourth-order valence-corrected chi connectivity index (χ4v) is 5.78. The number of imidazole rings is 1. The van der Waals surface area contributed by atoms with Crippen molar-refractivity contribution in [1.29, 1.82) is 0 Å². The molecule has 216 valence electrons. The molecule has 2 fully saturated rings. The maximum absolute atomic E-state index is 13.8. The van der Waals surface area contributed by atoms with Gasteiger partial charge in [-0.1, -0.05) is 18.2 Å². The predicted molar refractivity (Wildman–Crippen MR) is 150 cm³/mol. The van der Waals surface area contributed by atoms with Crippen molar-refractivity contribution in [3.63, 3.8) is 0 Å². The number of carbonyl (C=O) groups excluding carboxylic acids is 1. The Balaban J connectivity index is 1.46. The van der Waals surface area contributed by atoms with E-state index in [0.29, 0.717) is 54.1 Å². The van der Waals surface area contributed by atoms with Gasteiger partial charge in [-0.3, -0.25) is 9.59 Å². The number of para-hydroxylation sites is 1. The van der Waals surface area contributed by atoms with Crippen LogP contribution < -0.4 is 10.3 Å². The molecule has 6 rings (SSSR count). The van der Waals surface area contributed by atoms with Gasteiger partial charge in [-0.2, -0.15) is 0 Å². The molecule has 41 heavy (non-hydrogen) atoms. The fraction of sp³-hybridized carbons (Fsp3) is 0.467. The number of carbonyl (C=O) groups is 1. The summed E-state index contributed by atoms with van der Waals surface area (Å²) in [7, 11) is 1.64. The third kappa shape index (κ3) is 5.51. The maximum Gasteiger partial charge on any atom is 0.262 e. The van der Waals surface area contributed by atoms with Gasteiger partial charge in [0.15, 0.2) is 0 Å². The molecule has 0 bridgehead atoms. The molecule has 0 saturated carbocycles. The summed E-state index contributed by atoms with van der Waals surface area (Å²) >= 11 is 0. The second-order valence-electron chi connectivity index (χ2n) is 10.6. The Morgan fingerprint density at radius 3 is 2.68 bits per heavy atom. The molecular formula is C30H35N5O6. The van der Waals surface area contributed by atoms with Crippen molar-refractivity contribution >= 4 is 11.7 Å². The number of hydrogen-bond donors (Lipinski definition) is 0. The number of oxazole rings is 1. The van der Waals surface area contributed by atoms with Crippen molar-refractivity contribution < 1.29 is 23.4 Å². The first kappa shape index (κ1) is 27.2. The summed E-state index contributed by atoms with van der Waals surface area (Å²) in [6, 6.07) is 7.79. The van der Waals surface area contributed by atoms with Gasteiger partial charge in [-0.05, 0) is 38.7 Å². The van der Waals surface area contributed by atoms with Crippen LogP contribution in [0.2, 0.25) is 0 Å². The lowest BCUT2D eigenvalue weighted by molar-refractivity contribution is -0.129. The molecule has 2 aliphatic rings. The number of ether oxygens (including phenoxy) is 3. The zero-order chi connectivity index (χ0) is 28.3. The molecule has 0 spiro atoms. The van der Waals surface area contributed by atoms with Crippen LogP contribution >= 0.6 is 0 Å². The standard InChI is InChI=1S/C30H35N5O6/c1-20-27(28-31-11-16-40-28)32-30-34(18-21(29(37)35(20)30)17-26(36)33-12-5-6-13-33)19-25(41-22-9-14-39-15-10-22)23-7-3-4-8-24(23)38-2/h3-4,7-8,11,16,18,22,25H,5-6,9-10,12-15,17,19H2,1-2H3/t25-/m0/s1. The molecule has 0 aliphatic carbocycles. The minimum absolute atomic E-state index is 0.00893. The van der Waals surface area contributed by atoms with Crippen LogP contribution in [0.4, 0.5) is 0 Å². The average Bonchev–Trinajstić information content (AvgIpc) is 3.78. The lowest BCUT2D eigenvalue weighted by Gasteiger charge is -2.29. The molecule has 5 heterocycles. The summed E-state index contributed by atoms with van der Waals surface area (Å²) in [6.07, 6.45) is 7.94. The van der Waals surface area contributed by atoms with Gasteiger partial charge in [0.1, 0.15) is 23.8 Å². The zero-order valence-electron chi connectivity index (χ0n) is 23.5. The van der Waals surface area contributed by atoms with E-state index in [1.165, 1.54) is 6.26 Å². The summed E-state index contributed by atoms with van der Waals surface area (Å²) in [5.41, 5.74) is 2.09. The van der Waals surface area contributed by atoms with E-state index in [9.17, 15) is 9.59 Å². The molecule has 11 heteroatoms. The SMILES string of the molecule is COc1ccccc1[C@H](Cn1cc(CC(=O)N2CCCC2)c(=O)n2c(C)c(-c3ncco3)nc12)OC1CCOCC1. The van der Waals surface area contributed by atoms with E-state index in [1.807, 2.05) is 40.7 Å². The van der Waals surface area contributed by atoms with Gasteiger partial charge in [0.05, 0.1) is 38.1 Å². The number of benzene rings is 1. The largest absolute Gasteiger partial charge is 0.496 e. The Morgan fingerprint density at radius 2 is 1.95 bits per heavy atom. The first-order valence-electron chi connectivity index (χ1n) is 14.2. The lowest BCUT2D eigenvalue weighted by atomic mass is 10.1. The van der Waals surface area contributed by atoms with Crippen LogP contribution in [0.3, 0.4) is 0 Å². The van der Waals surface area contributed by atoms with E-state index < -0.39 is 6.10 Å². The normalized spacial score (nSPS) is 16.9. The number of fused-ring (bicyclic) bond motifs is 1. The highest BCUT2D eigenvalue weighted by Gasteiger charge is 2.27. The van der Waals surface area contributed by atoms with Crippen LogP contribution in [0.1, 0.15) is 48.6 Å². The van der Waals surface area contributed by atoms with Crippen molar-refractivity contribution in [3.8, 4) is 17.3 Å². The zero-order valence-corrected chi connectivity index (χ0v) is 23.5. The van der Waals surface area contributed by atoms with E-state index in [2.05, 4.69) is 4.98 Å². The van der Waals surface area contributed by atoms with Gasteiger partial charge < -0.3 is 28.1 Å². The van der Waals surface area contributed by atoms with Crippen LogP contribution in [-0.2, 0) is 27.2 Å². The smallest absolute Gasteiger partial charge is 0.262 e. The highest BCUT2D eigenvalue weighted by molar-refractivity contribution is 5.79. The molecule has 3 aromatic heterocycles. The molecule has 4 aromatic rings. The number of likely N-dealkylation sites (tertiary alicyclic amines) is 1. The van der Waals surface area contributed by atoms with Crippen molar-refractivity contribution in [1.82, 2.24) is 23.8 Å². The number of aromatic nitrogens is 4. The van der Waals surface area contributed by atoms with Crippen LogP contribution in [-0.4, -0.2) is 69.3 Å². The Kier molecular flexibility index (Phi) is 7.89. The molecule has 2 saturated heterocycles. The lowest BCUT2D eigenvalue weighted by Crippen LogP contribution is -2.33. The maximum atomic E-state index is 13.8. The van der Waals surface area contributed by atoms with Crippen molar-refractivity contribution in [2.45, 2.75) is 57.8 Å². The van der Waals surface area contributed by atoms with E-state index in [0.717, 1.165) is 44.3 Å².